The first kappa shape index (κ1) is 20.1. The first-order valence-electron chi connectivity index (χ1n) is 9.80. The molecule has 2 aliphatic rings. The van der Waals surface area contributed by atoms with Gasteiger partial charge in [0.15, 0.2) is 11.5 Å². The predicted octanol–water partition coefficient (Wildman–Crippen LogP) is 3.20. The molecule has 6 nitrogen and oxygen atoms in total. The molecule has 2 aromatic rings. The quantitative estimate of drug-likeness (QED) is 0.768. The van der Waals surface area contributed by atoms with Crippen LogP contribution in [0.25, 0.3) is 0 Å². The summed E-state index contributed by atoms with van der Waals surface area (Å²) >= 11 is 0. The highest BCUT2D eigenvalue weighted by molar-refractivity contribution is 5.94. The zero-order valence-electron chi connectivity index (χ0n) is 16.6. The molecule has 1 saturated heterocycles. The summed E-state index contributed by atoms with van der Waals surface area (Å²) in [6.45, 7) is 1.34. The van der Waals surface area contributed by atoms with Crippen LogP contribution >= 0.6 is 0 Å². The molecule has 0 aliphatic carbocycles. The highest BCUT2D eigenvalue weighted by Gasteiger charge is 2.30. The van der Waals surface area contributed by atoms with Gasteiger partial charge in [-0.25, -0.2) is 8.78 Å². The summed E-state index contributed by atoms with van der Waals surface area (Å²) in [4.78, 5) is 28.5. The van der Waals surface area contributed by atoms with Gasteiger partial charge in [0.1, 0.15) is 11.6 Å². The Hall–Kier alpha value is -3.16. The van der Waals surface area contributed by atoms with Crippen molar-refractivity contribution in [3.05, 3.63) is 59.2 Å². The number of fused-ring (bicyclic) bond motifs is 1. The third kappa shape index (κ3) is 4.08. The number of hydrogen-bond acceptors (Lipinski definition) is 4. The highest BCUT2D eigenvalue weighted by Crippen LogP contribution is 2.33. The number of piperidine rings is 1. The number of rotatable bonds is 4. The second-order valence-corrected chi connectivity index (χ2v) is 7.57. The zero-order chi connectivity index (χ0) is 21.3. The fraction of sp³-hybridized carbons (Fsp3) is 0.364. The van der Waals surface area contributed by atoms with Gasteiger partial charge in [-0.2, -0.15) is 0 Å². The summed E-state index contributed by atoms with van der Waals surface area (Å²) in [6.07, 6.45) is 0.998. The molecule has 4 rings (SSSR count). The lowest BCUT2D eigenvalue weighted by molar-refractivity contribution is -0.136. The molecule has 0 unspecified atom stereocenters. The topological polar surface area (TPSA) is 59.1 Å². The van der Waals surface area contributed by atoms with E-state index in [0.717, 1.165) is 17.7 Å². The van der Waals surface area contributed by atoms with Gasteiger partial charge in [0.2, 0.25) is 12.7 Å². The van der Waals surface area contributed by atoms with Crippen molar-refractivity contribution in [2.24, 2.45) is 5.92 Å². The summed E-state index contributed by atoms with van der Waals surface area (Å²) in [5.74, 6) is -0.901. The van der Waals surface area contributed by atoms with E-state index < -0.39 is 17.5 Å². The SMILES string of the molecule is CN(Cc1ccc2c(c1)OCO2)C(=O)C1CCN(C(=O)c2ccc(F)cc2F)CC1. The smallest absolute Gasteiger partial charge is 0.256 e. The molecule has 2 amide bonds. The molecule has 8 heteroatoms. The van der Waals surface area contributed by atoms with Crippen molar-refractivity contribution >= 4 is 11.8 Å². The molecule has 30 heavy (non-hydrogen) atoms. The van der Waals surface area contributed by atoms with Gasteiger partial charge < -0.3 is 19.3 Å². The lowest BCUT2D eigenvalue weighted by atomic mass is 9.94. The largest absolute Gasteiger partial charge is 0.454 e. The maximum absolute atomic E-state index is 13.9. The fourth-order valence-electron chi connectivity index (χ4n) is 3.87. The van der Waals surface area contributed by atoms with Crippen LogP contribution in [-0.4, -0.2) is 48.5 Å². The molecule has 2 heterocycles. The summed E-state index contributed by atoms with van der Waals surface area (Å²) in [6, 6.07) is 8.52. The van der Waals surface area contributed by atoms with E-state index in [2.05, 4.69) is 0 Å². The van der Waals surface area contributed by atoms with Crippen molar-refractivity contribution in [1.29, 1.82) is 0 Å². The van der Waals surface area contributed by atoms with Crippen molar-refractivity contribution in [3.63, 3.8) is 0 Å². The molecule has 2 aromatic carbocycles. The minimum absolute atomic E-state index is 0.00716. The minimum Gasteiger partial charge on any atom is -0.454 e. The van der Waals surface area contributed by atoms with E-state index in [1.54, 1.807) is 11.9 Å². The molecule has 0 radical (unpaired) electrons. The van der Waals surface area contributed by atoms with Crippen molar-refractivity contribution in [2.45, 2.75) is 19.4 Å². The molecule has 0 saturated carbocycles. The standard InChI is InChI=1S/C22H22F2N2O4/c1-25(12-14-2-5-19-20(10-14)30-13-29-19)21(27)15-6-8-26(9-7-15)22(28)17-4-3-16(23)11-18(17)24/h2-5,10-11,15H,6-9,12-13H2,1H3. The summed E-state index contributed by atoms with van der Waals surface area (Å²) < 4.78 is 37.6. The van der Waals surface area contributed by atoms with Gasteiger partial charge >= 0.3 is 0 Å². The molecule has 0 aromatic heterocycles. The average Bonchev–Trinajstić information content (AvgIpc) is 3.21. The van der Waals surface area contributed by atoms with E-state index in [0.29, 0.717) is 50.0 Å². The van der Waals surface area contributed by atoms with Gasteiger partial charge in [-0.15, -0.1) is 0 Å². The predicted molar refractivity (Wildman–Crippen MR) is 104 cm³/mol. The van der Waals surface area contributed by atoms with Gasteiger partial charge in [-0.1, -0.05) is 6.07 Å². The van der Waals surface area contributed by atoms with E-state index in [9.17, 15) is 18.4 Å². The second kappa shape index (κ2) is 8.30. The van der Waals surface area contributed by atoms with Crippen LogP contribution in [0.15, 0.2) is 36.4 Å². The Kier molecular flexibility index (Phi) is 5.57. The van der Waals surface area contributed by atoms with E-state index in [1.165, 1.54) is 4.90 Å². The number of ether oxygens (including phenoxy) is 2. The molecular formula is C22H22F2N2O4. The monoisotopic (exact) mass is 416 g/mol. The van der Waals surface area contributed by atoms with E-state index in [1.807, 2.05) is 18.2 Å². The van der Waals surface area contributed by atoms with E-state index >= 15 is 0 Å². The first-order valence-corrected chi connectivity index (χ1v) is 9.80. The van der Waals surface area contributed by atoms with E-state index in [-0.39, 0.29) is 24.2 Å². The third-order valence-electron chi connectivity index (χ3n) is 5.53. The molecule has 0 spiro atoms. The third-order valence-corrected chi connectivity index (χ3v) is 5.53. The van der Waals surface area contributed by atoms with E-state index in [4.69, 9.17) is 9.47 Å². The number of likely N-dealkylation sites (tertiary alicyclic amines) is 1. The zero-order valence-corrected chi connectivity index (χ0v) is 16.6. The fourth-order valence-corrected chi connectivity index (χ4v) is 3.87. The van der Waals surface area contributed by atoms with Crippen LogP contribution in [0.5, 0.6) is 11.5 Å². The molecule has 2 aliphatic heterocycles. The van der Waals surface area contributed by atoms with Crippen LogP contribution in [0.2, 0.25) is 0 Å². The van der Waals surface area contributed by atoms with Gasteiger partial charge in [0, 0.05) is 38.7 Å². The number of nitrogens with zero attached hydrogens (tertiary/aromatic N) is 2. The van der Waals surface area contributed by atoms with Crippen molar-refractivity contribution in [1.82, 2.24) is 9.80 Å². The number of carbonyl (C=O) groups excluding carboxylic acids is 2. The number of carbonyl (C=O) groups is 2. The van der Waals surface area contributed by atoms with Crippen LogP contribution in [0.1, 0.15) is 28.8 Å². The lowest BCUT2D eigenvalue weighted by Gasteiger charge is -2.33. The molecule has 0 atom stereocenters. The second-order valence-electron chi connectivity index (χ2n) is 7.57. The number of amides is 2. The maximum Gasteiger partial charge on any atom is 0.256 e. The van der Waals surface area contributed by atoms with Gasteiger partial charge in [0.05, 0.1) is 5.56 Å². The Morgan fingerprint density at radius 2 is 1.80 bits per heavy atom. The molecular weight excluding hydrogens is 394 g/mol. The Labute approximate surface area is 173 Å². The Bertz CT molecular complexity index is 974. The summed E-state index contributed by atoms with van der Waals surface area (Å²) in [7, 11) is 1.75. The van der Waals surface area contributed by atoms with Crippen LogP contribution in [0, 0.1) is 17.6 Å². The molecule has 1 fully saturated rings. The van der Waals surface area contributed by atoms with Crippen LogP contribution in [-0.2, 0) is 11.3 Å². The van der Waals surface area contributed by atoms with Gasteiger partial charge in [0.25, 0.3) is 5.91 Å². The Morgan fingerprint density at radius 3 is 2.53 bits per heavy atom. The Morgan fingerprint density at radius 1 is 1.07 bits per heavy atom. The summed E-state index contributed by atoms with van der Waals surface area (Å²) in [5, 5.41) is 0. The highest BCUT2D eigenvalue weighted by atomic mass is 19.1. The number of benzene rings is 2. The van der Waals surface area contributed by atoms with Gasteiger partial charge in [-0.05, 0) is 42.7 Å². The van der Waals surface area contributed by atoms with Crippen molar-refractivity contribution < 1.29 is 27.8 Å². The normalized spacial score (nSPS) is 15.9. The number of halogens is 2. The lowest BCUT2D eigenvalue weighted by Crippen LogP contribution is -2.43. The average molecular weight is 416 g/mol. The van der Waals surface area contributed by atoms with Crippen LogP contribution in [0.3, 0.4) is 0 Å². The summed E-state index contributed by atoms with van der Waals surface area (Å²) in [5.41, 5.74) is 0.788. The minimum atomic E-state index is -0.873. The Balaban J connectivity index is 1.33. The van der Waals surface area contributed by atoms with Crippen LogP contribution in [0.4, 0.5) is 8.78 Å². The molecule has 158 valence electrons. The number of hydrogen-bond donors (Lipinski definition) is 0. The maximum atomic E-state index is 13.9. The first-order chi connectivity index (χ1) is 14.4. The molecule has 0 N–H and O–H groups in total. The van der Waals surface area contributed by atoms with Crippen molar-refractivity contribution in [3.8, 4) is 11.5 Å². The molecule has 0 bridgehead atoms. The van der Waals surface area contributed by atoms with Gasteiger partial charge in [-0.3, -0.25) is 9.59 Å². The van der Waals surface area contributed by atoms with Crippen molar-refractivity contribution in [2.75, 3.05) is 26.9 Å². The van der Waals surface area contributed by atoms with Crippen LogP contribution < -0.4 is 9.47 Å².